The van der Waals surface area contributed by atoms with E-state index in [4.69, 9.17) is 21.9 Å². The highest BCUT2D eigenvalue weighted by Crippen LogP contribution is 2.49. The maximum atomic E-state index is 14.9. The Morgan fingerprint density at radius 3 is 2.09 bits per heavy atom. The van der Waals surface area contributed by atoms with Crippen LogP contribution >= 0.6 is 0 Å². The number of hydrogen-bond acceptors (Lipinski definition) is 11. The number of carbonyl (C=O) groups excluding carboxylic acids is 7. The Labute approximate surface area is 253 Å². The van der Waals surface area contributed by atoms with Gasteiger partial charge in [0.25, 0.3) is 11.8 Å². The summed E-state index contributed by atoms with van der Waals surface area (Å²) >= 11 is 0. The summed E-state index contributed by atoms with van der Waals surface area (Å²) < 4.78 is 35.4. The van der Waals surface area contributed by atoms with Crippen molar-refractivity contribution in [3.63, 3.8) is 0 Å². The van der Waals surface area contributed by atoms with E-state index < -0.39 is 127 Å². The van der Waals surface area contributed by atoms with Crippen molar-refractivity contribution in [2.24, 2.45) is 29.0 Å². The number of amides is 5. The van der Waals surface area contributed by atoms with E-state index in [1.165, 1.54) is 27.7 Å². The van der Waals surface area contributed by atoms with E-state index in [1.54, 1.807) is 0 Å². The van der Waals surface area contributed by atoms with Gasteiger partial charge in [-0.2, -0.15) is 0 Å². The van der Waals surface area contributed by atoms with Gasteiger partial charge in [-0.25, -0.2) is 8.78 Å². The van der Waals surface area contributed by atoms with Crippen molar-refractivity contribution in [2.45, 2.75) is 95.2 Å². The van der Waals surface area contributed by atoms with Gasteiger partial charge in [0.15, 0.2) is 17.2 Å². The van der Waals surface area contributed by atoms with Gasteiger partial charge in [-0.15, -0.1) is 0 Å². The number of ketones is 2. The number of nitrogens with one attached hydrogen (secondary N) is 1. The SMILES string of the molecule is COC12CCN(C(=O)[C@H](C)NC(=O)[C@H](C)N)[C@@]1(C(=O)N(C(=O)C(C)C(N)=O)C(C(C)C)C(O)C(F)(F)CN)C(=O)CCC2=O. The van der Waals surface area contributed by atoms with Crippen LogP contribution in [0.15, 0.2) is 0 Å². The van der Waals surface area contributed by atoms with Gasteiger partial charge in [0.2, 0.25) is 29.2 Å². The third-order valence-corrected chi connectivity index (χ3v) is 8.44. The van der Waals surface area contributed by atoms with Gasteiger partial charge in [-0.05, 0) is 26.7 Å². The zero-order valence-electron chi connectivity index (χ0n) is 25.6. The lowest BCUT2D eigenvalue weighted by atomic mass is 9.66. The standard InChI is InChI=1S/C27H42F2N6O9/c1-12(2)18(19(38)26(28,29)11-30)35(22(41)13(3)20(32)39)24(43)27-17(37)8-7-16(36)25(27,44-6)9-10-34(27)23(42)15(5)33-21(40)14(4)31/h12-15,18-19,38H,7-11,30-31H2,1-6H3,(H2,32,39)(H,33,40)/t13?,14-,15-,18?,19?,25?,27+/m0/s1. The van der Waals surface area contributed by atoms with E-state index in [1.807, 2.05) is 0 Å². The lowest BCUT2D eigenvalue weighted by Gasteiger charge is -2.51. The van der Waals surface area contributed by atoms with E-state index >= 15 is 0 Å². The van der Waals surface area contributed by atoms with E-state index in [9.17, 15) is 47.4 Å². The average Bonchev–Trinajstić information content (AvgIpc) is 3.33. The molecular formula is C27H42F2N6O9. The molecule has 44 heavy (non-hydrogen) atoms. The van der Waals surface area contributed by atoms with Gasteiger partial charge in [0, 0.05) is 32.9 Å². The third-order valence-electron chi connectivity index (χ3n) is 8.44. The van der Waals surface area contributed by atoms with Gasteiger partial charge < -0.3 is 37.3 Å². The van der Waals surface area contributed by atoms with Crippen molar-refractivity contribution in [1.82, 2.24) is 15.1 Å². The molecule has 0 bridgehead atoms. The highest BCUT2D eigenvalue weighted by atomic mass is 19.3. The molecule has 17 heteroatoms. The van der Waals surface area contributed by atoms with Crippen LogP contribution in [0.4, 0.5) is 8.78 Å². The number of ether oxygens (including phenoxy) is 1. The van der Waals surface area contributed by atoms with Crippen molar-refractivity contribution in [2.75, 3.05) is 20.2 Å². The summed E-state index contributed by atoms with van der Waals surface area (Å²) in [6.07, 6.45) is -4.27. The molecule has 1 heterocycles. The summed E-state index contributed by atoms with van der Waals surface area (Å²) in [5.41, 5.74) is 10.7. The lowest BCUT2D eigenvalue weighted by molar-refractivity contribution is -0.192. The summed E-state index contributed by atoms with van der Waals surface area (Å²) in [4.78, 5) is 95.5. The minimum Gasteiger partial charge on any atom is -0.385 e. The van der Waals surface area contributed by atoms with Crippen LogP contribution in [0.1, 0.15) is 53.9 Å². The molecule has 0 aromatic heterocycles. The Hall–Kier alpha value is -3.41. The van der Waals surface area contributed by atoms with Crippen molar-refractivity contribution in [3.05, 3.63) is 0 Å². The number of likely N-dealkylation sites (tertiary alicyclic amines) is 1. The highest BCUT2D eigenvalue weighted by Gasteiger charge is 2.76. The van der Waals surface area contributed by atoms with Crippen molar-refractivity contribution >= 4 is 41.1 Å². The second kappa shape index (κ2) is 13.3. The minimum absolute atomic E-state index is 0.120. The number of carbonyl (C=O) groups is 7. The second-order valence-electron chi connectivity index (χ2n) is 11.6. The Morgan fingerprint density at radius 2 is 1.64 bits per heavy atom. The minimum atomic E-state index is -4.09. The molecule has 1 saturated heterocycles. The number of Topliss-reactive ketones (excluding diaryl/α,β-unsaturated/α-hetero) is 2. The number of alkyl halides is 2. The molecule has 4 unspecified atom stereocenters. The normalized spacial score (nSPS) is 25.5. The van der Waals surface area contributed by atoms with Crippen LogP contribution in [0, 0.1) is 11.8 Å². The van der Waals surface area contributed by atoms with Crippen LogP contribution in [0.3, 0.4) is 0 Å². The summed E-state index contributed by atoms with van der Waals surface area (Å²) in [6.45, 7) is 4.21. The molecule has 5 amide bonds. The molecule has 0 spiro atoms. The average molecular weight is 633 g/mol. The van der Waals surface area contributed by atoms with Crippen molar-refractivity contribution in [1.29, 1.82) is 0 Å². The first kappa shape index (κ1) is 36.8. The fourth-order valence-corrected chi connectivity index (χ4v) is 5.91. The predicted octanol–water partition coefficient (Wildman–Crippen LogP) is -2.42. The summed E-state index contributed by atoms with van der Waals surface area (Å²) in [6, 6.07) is -4.63. The first-order valence-electron chi connectivity index (χ1n) is 14.1. The summed E-state index contributed by atoms with van der Waals surface area (Å²) in [5, 5.41) is 13.2. The fourth-order valence-electron chi connectivity index (χ4n) is 5.91. The second-order valence-corrected chi connectivity index (χ2v) is 11.6. The third kappa shape index (κ3) is 5.84. The zero-order chi connectivity index (χ0) is 34.1. The molecule has 15 nitrogen and oxygen atoms in total. The number of imide groups is 1. The number of halogens is 2. The zero-order valence-corrected chi connectivity index (χ0v) is 25.6. The van der Waals surface area contributed by atoms with Crippen LogP contribution in [-0.2, 0) is 38.3 Å². The molecule has 1 aliphatic carbocycles. The molecule has 2 fully saturated rings. The van der Waals surface area contributed by atoms with E-state index in [2.05, 4.69) is 5.32 Å². The van der Waals surface area contributed by atoms with Crippen LogP contribution in [0.2, 0.25) is 0 Å². The van der Waals surface area contributed by atoms with Crippen LogP contribution < -0.4 is 22.5 Å². The number of rotatable bonds is 12. The van der Waals surface area contributed by atoms with E-state index in [0.29, 0.717) is 4.90 Å². The number of nitrogens with zero attached hydrogens (tertiary/aromatic N) is 2. The number of primary amides is 1. The highest BCUT2D eigenvalue weighted by molar-refractivity contribution is 6.25. The Morgan fingerprint density at radius 1 is 1.09 bits per heavy atom. The number of aliphatic hydroxyl groups excluding tert-OH is 1. The first-order chi connectivity index (χ1) is 20.2. The number of nitrogens with two attached hydrogens (primary N) is 3. The molecule has 2 aliphatic rings. The summed E-state index contributed by atoms with van der Waals surface area (Å²) in [5.74, 6) is -15.2. The van der Waals surface area contributed by atoms with Crippen LogP contribution in [-0.4, -0.2) is 118 Å². The smallest absolute Gasteiger partial charge is 0.287 e. The number of aliphatic hydroxyl groups is 1. The molecular weight excluding hydrogens is 590 g/mol. The molecule has 0 radical (unpaired) electrons. The van der Waals surface area contributed by atoms with Gasteiger partial charge in [-0.1, -0.05) is 13.8 Å². The molecule has 7 atom stereocenters. The topological polar surface area (TPSA) is 246 Å². The first-order valence-corrected chi connectivity index (χ1v) is 14.1. The molecule has 2 rings (SSSR count). The number of methoxy groups -OCH3 is 1. The predicted molar refractivity (Wildman–Crippen MR) is 148 cm³/mol. The largest absolute Gasteiger partial charge is 0.385 e. The lowest BCUT2D eigenvalue weighted by Crippen LogP contribution is -2.79. The van der Waals surface area contributed by atoms with Crippen molar-refractivity contribution in [3.8, 4) is 0 Å². The quantitative estimate of drug-likeness (QED) is 0.142. The van der Waals surface area contributed by atoms with E-state index in [0.717, 1.165) is 14.0 Å². The number of fused-ring (bicyclic) bond motifs is 1. The Kier molecular flexibility index (Phi) is 11.1. The van der Waals surface area contributed by atoms with Gasteiger partial charge in [0.05, 0.1) is 18.6 Å². The monoisotopic (exact) mass is 632 g/mol. The molecule has 0 aromatic rings. The van der Waals surface area contributed by atoms with Gasteiger partial charge in [-0.3, -0.25) is 38.5 Å². The molecule has 1 saturated carbocycles. The number of hydrogen-bond donors (Lipinski definition) is 5. The van der Waals surface area contributed by atoms with Crippen molar-refractivity contribution < 1.29 is 52.2 Å². The Bertz CT molecular complexity index is 1210. The Balaban J connectivity index is 2.98. The van der Waals surface area contributed by atoms with Crippen LogP contribution in [0.25, 0.3) is 0 Å². The van der Waals surface area contributed by atoms with Crippen LogP contribution in [0.5, 0.6) is 0 Å². The molecule has 248 valence electrons. The maximum Gasteiger partial charge on any atom is 0.287 e. The van der Waals surface area contributed by atoms with Gasteiger partial charge in [0.1, 0.15) is 18.1 Å². The molecule has 1 aliphatic heterocycles. The fraction of sp³-hybridized carbons (Fsp3) is 0.741. The van der Waals surface area contributed by atoms with Gasteiger partial charge >= 0.3 is 0 Å². The molecule has 8 N–H and O–H groups in total. The van der Waals surface area contributed by atoms with E-state index in [-0.39, 0.29) is 4.90 Å². The summed E-state index contributed by atoms with van der Waals surface area (Å²) in [7, 11) is 1.00. The molecule has 0 aromatic carbocycles. The maximum absolute atomic E-state index is 14.9.